The van der Waals surface area contributed by atoms with E-state index in [0.717, 1.165) is 16.9 Å². The zero-order valence-corrected chi connectivity index (χ0v) is 17.1. The lowest BCUT2D eigenvalue weighted by Gasteiger charge is -2.12. The van der Waals surface area contributed by atoms with Gasteiger partial charge in [0.1, 0.15) is 0 Å². The molecular formula is C24H24N2O4. The van der Waals surface area contributed by atoms with Gasteiger partial charge in [-0.1, -0.05) is 18.2 Å². The minimum atomic E-state index is -0.243. The zero-order chi connectivity index (χ0) is 21.3. The first-order valence-corrected chi connectivity index (χ1v) is 9.34. The van der Waals surface area contributed by atoms with Crippen LogP contribution >= 0.6 is 0 Å². The molecule has 3 rings (SSSR count). The van der Waals surface area contributed by atoms with Crippen LogP contribution in [-0.4, -0.2) is 27.2 Å². The van der Waals surface area contributed by atoms with Crippen molar-refractivity contribution in [3.8, 4) is 17.2 Å². The Morgan fingerprint density at radius 3 is 1.90 bits per heavy atom. The lowest BCUT2D eigenvalue weighted by atomic mass is 10.1. The third kappa shape index (κ3) is 5.32. The minimum Gasteiger partial charge on any atom is -0.493 e. The Kier molecular flexibility index (Phi) is 6.95. The van der Waals surface area contributed by atoms with Crippen molar-refractivity contribution < 1.29 is 19.0 Å². The second kappa shape index (κ2) is 10.0. The van der Waals surface area contributed by atoms with E-state index in [1.807, 2.05) is 54.6 Å². The van der Waals surface area contributed by atoms with E-state index >= 15 is 0 Å². The third-order valence-corrected chi connectivity index (χ3v) is 4.33. The molecule has 0 spiro atoms. The molecule has 0 saturated carbocycles. The Balaban J connectivity index is 1.64. The van der Waals surface area contributed by atoms with Crippen molar-refractivity contribution in [1.29, 1.82) is 0 Å². The molecule has 0 unspecified atom stereocenters. The summed E-state index contributed by atoms with van der Waals surface area (Å²) in [5.74, 6) is 1.31. The molecule has 0 aliphatic heterocycles. The Hall–Kier alpha value is -3.93. The van der Waals surface area contributed by atoms with Gasteiger partial charge < -0.3 is 24.8 Å². The summed E-state index contributed by atoms with van der Waals surface area (Å²) >= 11 is 0. The van der Waals surface area contributed by atoms with E-state index in [4.69, 9.17) is 14.2 Å². The second-order valence-corrected chi connectivity index (χ2v) is 6.35. The van der Waals surface area contributed by atoms with Crippen molar-refractivity contribution in [1.82, 2.24) is 0 Å². The van der Waals surface area contributed by atoms with E-state index in [2.05, 4.69) is 10.6 Å². The molecule has 0 saturated heterocycles. The molecular weight excluding hydrogens is 380 g/mol. The summed E-state index contributed by atoms with van der Waals surface area (Å²) in [7, 11) is 4.64. The topological polar surface area (TPSA) is 68.8 Å². The van der Waals surface area contributed by atoms with Gasteiger partial charge in [-0.05, 0) is 60.2 Å². The van der Waals surface area contributed by atoms with Crippen molar-refractivity contribution in [3.05, 3.63) is 78.4 Å². The van der Waals surface area contributed by atoms with Crippen LogP contribution in [0.15, 0.2) is 72.8 Å². The number of hydrogen-bond donors (Lipinski definition) is 2. The zero-order valence-electron chi connectivity index (χ0n) is 17.1. The molecule has 0 aliphatic rings. The highest BCUT2D eigenvalue weighted by Crippen LogP contribution is 2.38. The number of anilines is 3. The molecule has 3 aromatic carbocycles. The molecule has 0 bridgehead atoms. The van der Waals surface area contributed by atoms with Crippen molar-refractivity contribution in [2.45, 2.75) is 0 Å². The van der Waals surface area contributed by atoms with E-state index in [-0.39, 0.29) is 5.91 Å². The monoisotopic (exact) mass is 404 g/mol. The van der Waals surface area contributed by atoms with Gasteiger partial charge in [0.25, 0.3) is 0 Å². The molecule has 1 amide bonds. The van der Waals surface area contributed by atoms with Gasteiger partial charge in [-0.15, -0.1) is 0 Å². The number of amides is 1. The Labute approximate surface area is 176 Å². The number of rotatable bonds is 8. The number of ether oxygens (including phenoxy) is 3. The Morgan fingerprint density at radius 2 is 1.33 bits per heavy atom. The van der Waals surface area contributed by atoms with Gasteiger partial charge in [0.15, 0.2) is 11.5 Å². The van der Waals surface area contributed by atoms with Crippen molar-refractivity contribution >= 4 is 29.0 Å². The van der Waals surface area contributed by atoms with E-state index in [9.17, 15) is 4.79 Å². The van der Waals surface area contributed by atoms with Gasteiger partial charge in [0, 0.05) is 23.1 Å². The van der Waals surface area contributed by atoms with Crippen LogP contribution in [0.5, 0.6) is 17.2 Å². The average molecular weight is 404 g/mol. The second-order valence-electron chi connectivity index (χ2n) is 6.35. The highest BCUT2D eigenvalue weighted by atomic mass is 16.5. The first kappa shape index (κ1) is 20.8. The van der Waals surface area contributed by atoms with Gasteiger partial charge in [-0.2, -0.15) is 0 Å². The van der Waals surface area contributed by atoms with Crippen LogP contribution in [-0.2, 0) is 4.79 Å². The molecule has 0 atom stereocenters. The number of benzene rings is 3. The molecule has 0 heterocycles. The van der Waals surface area contributed by atoms with Crippen LogP contribution < -0.4 is 24.8 Å². The SMILES string of the molecule is COc1cc(C=CC(=O)Nc2ccc(Nc3ccccc3)cc2)cc(OC)c1OC. The first-order valence-electron chi connectivity index (χ1n) is 9.34. The largest absolute Gasteiger partial charge is 0.493 e. The van der Waals surface area contributed by atoms with Crippen molar-refractivity contribution in [3.63, 3.8) is 0 Å². The summed E-state index contributed by atoms with van der Waals surface area (Å²) in [5, 5.41) is 6.14. The molecule has 6 heteroatoms. The maximum atomic E-state index is 12.3. The van der Waals surface area contributed by atoms with Crippen LogP contribution in [0.3, 0.4) is 0 Å². The molecule has 2 N–H and O–H groups in total. The third-order valence-electron chi connectivity index (χ3n) is 4.33. The van der Waals surface area contributed by atoms with Crippen LogP contribution in [0.1, 0.15) is 5.56 Å². The molecule has 0 aliphatic carbocycles. The first-order chi connectivity index (χ1) is 14.6. The van der Waals surface area contributed by atoms with Crippen LogP contribution in [0.4, 0.5) is 17.1 Å². The lowest BCUT2D eigenvalue weighted by molar-refractivity contribution is -0.111. The smallest absolute Gasteiger partial charge is 0.248 e. The van der Waals surface area contributed by atoms with Gasteiger partial charge in [-0.25, -0.2) is 0 Å². The Morgan fingerprint density at radius 1 is 0.767 bits per heavy atom. The predicted octanol–water partition coefficient (Wildman–Crippen LogP) is 5.11. The molecule has 154 valence electrons. The fourth-order valence-corrected chi connectivity index (χ4v) is 2.88. The molecule has 0 aromatic heterocycles. The highest BCUT2D eigenvalue weighted by molar-refractivity contribution is 6.02. The van der Waals surface area contributed by atoms with E-state index in [0.29, 0.717) is 22.9 Å². The van der Waals surface area contributed by atoms with E-state index < -0.39 is 0 Å². The number of carbonyl (C=O) groups is 1. The number of carbonyl (C=O) groups excluding carboxylic acids is 1. The fraction of sp³-hybridized carbons (Fsp3) is 0.125. The molecule has 30 heavy (non-hydrogen) atoms. The Bertz CT molecular complexity index is 990. The van der Waals surface area contributed by atoms with E-state index in [1.54, 1.807) is 39.5 Å². The summed E-state index contributed by atoms with van der Waals surface area (Å²) in [5.41, 5.74) is 3.39. The van der Waals surface area contributed by atoms with Crippen LogP contribution in [0.25, 0.3) is 6.08 Å². The maximum absolute atomic E-state index is 12.3. The lowest BCUT2D eigenvalue weighted by Crippen LogP contribution is -2.07. The number of methoxy groups -OCH3 is 3. The van der Waals surface area contributed by atoms with Gasteiger partial charge in [0.2, 0.25) is 11.7 Å². The highest BCUT2D eigenvalue weighted by Gasteiger charge is 2.12. The molecule has 6 nitrogen and oxygen atoms in total. The number of nitrogens with one attached hydrogen (secondary N) is 2. The van der Waals surface area contributed by atoms with Crippen molar-refractivity contribution in [2.75, 3.05) is 32.0 Å². The van der Waals surface area contributed by atoms with Crippen LogP contribution in [0.2, 0.25) is 0 Å². The van der Waals surface area contributed by atoms with E-state index in [1.165, 1.54) is 6.08 Å². The number of para-hydroxylation sites is 1. The van der Waals surface area contributed by atoms with Gasteiger partial charge >= 0.3 is 0 Å². The van der Waals surface area contributed by atoms with Gasteiger partial charge in [-0.3, -0.25) is 4.79 Å². The molecule has 3 aromatic rings. The minimum absolute atomic E-state index is 0.243. The summed E-state index contributed by atoms with van der Waals surface area (Å²) < 4.78 is 16.0. The summed E-state index contributed by atoms with van der Waals surface area (Å²) in [6.45, 7) is 0. The summed E-state index contributed by atoms with van der Waals surface area (Å²) in [6.07, 6.45) is 3.14. The van der Waals surface area contributed by atoms with Crippen LogP contribution in [0, 0.1) is 0 Å². The summed E-state index contributed by atoms with van der Waals surface area (Å²) in [6, 6.07) is 20.9. The average Bonchev–Trinajstić information content (AvgIpc) is 2.78. The predicted molar refractivity (Wildman–Crippen MR) is 120 cm³/mol. The maximum Gasteiger partial charge on any atom is 0.248 e. The normalized spacial score (nSPS) is 10.5. The number of hydrogen-bond acceptors (Lipinski definition) is 5. The quantitative estimate of drug-likeness (QED) is 0.511. The standard InChI is InChI=1S/C24H24N2O4/c1-28-21-15-17(16-22(29-2)24(21)30-3)9-14-23(27)26-20-12-10-19(11-13-20)25-18-7-5-4-6-8-18/h4-16,25H,1-3H3,(H,26,27). The summed E-state index contributed by atoms with van der Waals surface area (Å²) in [4.78, 5) is 12.3. The van der Waals surface area contributed by atoms with Crippen molar-refractivity contribution in [2.24, 2.45) is 0 Å². The molecule has 0 radical (unpaired) electrons. The molecule has 0 fully saturated rings. The van der Waals surface area contributed by atoms with Gasteiger partial charge in [0.05, 0.1) is 21.3 Å². The fourth-order valence-electron chi connectivity index (χ4n) is 2.88.